The van der Waals surface area contributed by atoms with Gasteiger partial charge in [-0.1, -0.05) is 24.5 Å². The molecule has 0 bridgehead atoms. The minimum absolute atomic E-state index is 0.0339. The first-order chi connectivity index (χ1) is 13.5. The number of carbonyl (C=O) groups is 1. The predicted octanol–water partition coefficient (Wildman–Crippen LogP) is 1.30. The van der Waals surface area contributed by atoms with E-state index < -0.39 is 0 Å². The molecule has 1 aromatic heterocycles. The molecule has 0 unspecified atom stereocenters. The van der Waals surface area contributed by atoms with Crippen LogP contribution in [0.1, 0.15) is 63.0 Å². The van der Waals surface area contributed by atoms with Crippen LogP contribution in [0.25, 0.3) is 0 Å². The molecular formula is C20H35N5O3. The van der Waals surface area contributed by atoms with Gasteiger partial charge in [0.25, 0.3) is 0 Å². The van der Waals surface area contributed by atoms with Gasteiger partial charge in [0.2, 0.25) is 5.91 Å². The van der Waals surface area contributed by atoms with Crippen molar-refractivity contribution < 1.29 is 14.6 Å². The number of hydrogen-bond donors (Lipinski definition) is 2. The second-order valence-corrected chi connectivity index (χ2v) is 8.50. The Morgan fingerprint density at radius 3 is 2.79 bits per heavy atom. The van der Waals surface area contributed by atoms with Crippen molar-refractivity contribution in [3.63, 3.8) is 0 Å². The Kier molecular flexibility index (Phi) is 7.82. The molecule has 28 heavy (non-hydrogen) atoms. The molecule has 2 fully saturated rings. The largest absolute Gasteiger partial charge is 0.394 e. The molecule has 2 heterocycles. The highest BCUT2D eigenvalue weighted by atomic mass is 16.5. The van der Waals surface area contributed by atoms with Crippen LogP contribution in [-0.4, -0.2) is 76.4 Å². The maximum absolute atomic E-state index is 12.0. The predicted molar refractivity (Wildman–Crippen MR) is 106 cm³/mol. The van der Waals surface area contributed by atoms with Gasteiger partial charge in [0.1, 0.15) is 6.10 Å². The zero-order valence-corrected chi connectivity index (χ0v) is 17.2. The van der Waals surface area contributed by atoms with E-state index in [0.29, 0.717) is 12.5 Å². The van der Waals surface area contributed by atoms with Crippen LogP contribution < -0.4 is 5.32 Å². The van der Waals surface area contributed by atoms with Gasteiger partial charge >= 0.3 is 0 Å². The van der Waals surface area contributed by atoms with Crippen LogP contribution in [0.4, 0.5) is 0 Å². The third-order valence-corrected chi connectivity index (χ3v) is 5.86. The summed E-state index contributed by atoms with van der Waals surface area (Å²) in [5.41, 5.74) is 1.13. The minimum atomic E-state index is -0.349. The number of likely N-dealkylation sites (N-methyl/N-ethyl adjacent to an activating group) is 1. The first kappa shape index (κ1) is 21.2. The molecule has 1 saturated carbocycles. The summed E-state index contributed by atoms with van der Waals surface area (Å²) in [5, 5.41) is 21.4. The molecule has 2 aliphatic rings. The third-order valence-electron chi connectivity index (χ3n) is 5.86. The van der Waals surface area contributed by atoms with E-state index in [0.717, 1.165) is 31.5 Å². The topological polar surface area (TPSA) is 92.5 Å². The third kappa shape index (κ3) is 5.99. The number of aromatic nitrogens is 3. The Morgan fingerprint density at radius 2 is 2.07 bits per heavy atom. The van der Waals surface area contributed by atoms with Gasteiger partial charge < -0.3 is 20.1 Å². The van der Waals surface area contributed by atoms with Crippen molar-refractivity contribution in [2.75, 3.05) is 27.2 Å². The molecular weight excluding hydrogens is 358 g/mol. The van der Waals surface area contributed by atoms with Crippen LogP contribution in [-0.2, 0) is 16.1 Å². The highest BCUT2D eigenvalue weighted by Gasteiger charge is 2.31. The fourth-order valence-electron chi connectivity index (χ4n) is 4.33. The average Bonchev–Trinajstić information content (AvgIpc) is 3.16. The van der Waals surface area contributed by atoms with Gasteiger partial charge in [0, 0.05) is 18.7 Å². The lowest BCUT2D eigenvalue weighted by Gasteiger charge is -2.36. The van der Waals surface area contributed by atoms with Crippen LogP contribution in [0, 0.1) is 0 Å². The molecule has 1 amide bonds. The molecule has 1 aliphatic carbocycles. The van der Waals surface area contributed by atoms with Gasteiger partial charge in [-0.3, -0.25) is 9.48 Å². The molecule has 0 spiro atoms. The maximum Gasteiger partial charge on any atom is 0.234 e. The molecule has 0 radical (unpaired) electrons. The number of amides is 1. The smallest absolute Gasteiger partial charge is 0.234 e. The van der Waals surface area contributed by atoms with E-state index in [2.05, 4.69) is 21.8 Å². The van der Waals surface area contributed by atoms with Crippen molar-refractivity contribution >= 4 is 5.91 Å². The number of aliphatic hydroxyl groups excluding tert-OH is 1. The van der Waals surface area contributed by atoms with E-state index in [4.69, 9.17) is 4.74 Å². The van der Waals surface area contributed by atoms with Crippen LogP contribution in [0.15, 0.2) is 6.20 Å². The number of nitrogens with one attached hydrogen (secondary N) is 1. The summed E-state index contributed by atoms with van der Waals surface area (Å²) in [6.07, 6.45) is 10.7. The van der Waals surface area contributed by atoms with Crippen LogP contribution in [0.5, 0.6) is 0 Å². The standard InChI is InChI=1S/C20H35N5O3/c1-24(2)13-20(27)21-17-9-8-16(28-19(17)14-26)10-11-25-12-18(22-23-25)15-6-4-3-5-7-15/h12,15-17,19,26H,3-11,13-14H2,1-2H3,(H,21,27)/t16-,17+,19-/m1/s1. The zero-order valence-electron chi connectivity index (χ0n) is 17.2. The monoisotopic (exact) mass is 393 g/mol. The lowest BCUT2D eigenvalue weighted by Crippen LogP contribution is -2.52. The summed E-state index contributed by atoms with van der Waals surface area (Å²) in [6, 6.07) is -0.127. The van der Waals surface area contributed by atoms with Crippen molar-refractivity contribution in [1.29, 1.82) is 0 Å². The number of aliphatic hydroxyl groups is 1. The number of aryl methyl sites for hydroxylation is 1. The number of carbonyl (C=O) groups excluding carboxylic acids is 1. The average molecular weight is 394 g/mol. The molecule has 0 aromatic carbocycles. The van der Waals surface area contributed by atoms with Crippen LogP contribution in [0.2, 0.25) is 0 Å². The molecule has 158 valence electrons. The molecule has 1 aromatic rings. The van der Waals surface area contributed by atoms with Crippen molar-refractivity contribution in [2.24, 2.45) is 0 Å². The Hall–Kier alpha value is -1.51. The maximum atomic E-state index is 12.0. The fourth-order valence-corrected chi connectivity index (χ4v) is 4.33. The number of nitrogens with zero attached hydrogens (tertiary/aromatic N) is 4. The van der Waals surface area contributed by atoms with Crippen molar-refractivity contribution in [2.45, 2.75) is 82.1 Å². The van der Waals surface area contributed by atoms with E-state index in [9.17, 15) is 9.90 Å². The Balaban J connectivity index is 1.44. The molecule has 3 rings (SSSR count). The summed E-state index contributed by atoms with van der Waals surface area (Å²) in [7, 11) is 3.72. The fraction of sp³-hybridized carbons (Fsp3) is 0.850. The van der Waals surface area contributed by atoms with E-state index >= 15 is 0 Å². The molecule has 8 nitrogen and oxygen atoms in total. The number of hydrogen-bond acceptors (Lipinski definition) is 6. The van der Waals surface area contributed by atoms with E-state index in [1.165, 1.54) is 32.1 Å². The first-order valence-corrected chi connectivity index (χ1v) is 10.7. The lowest BCUT2D eigenvalue weighted by atomic mass is 9.87. The molecule has 1 saturated heterocycles. The van der Waals surface area contributed by atoms with E-state index in [1.54, 1.807) is 0 Å². The van der Waals surface area contributed by atoms with Crippen molar-refractivity contribution in [3.8, 4) is 0 Å². The van der Waals surface area contributed by atoms with Gasteiger partial charge in [0.05, 0.1) is 31.0 Å². The summed E-state index contributed by atoms with van der Waals surface area (Å²) in [4.78, 5) is 13.8. The van der Waals surface area contributed by atoms with Crippen molar-refractivity contribution in [3.05, 3.63) is 11.9 Å². The quantitative estimate of drug-likeness (QED) is 0.692. The highest BCUT2D eigenvalue weighted by molar-refractivity contribution is 5.78. The Morgan fingerprint density at radius 1 is 1.29 bits per heavy atom. The van der Waals surface area contributed by atoms with Gasteiger partial charge in [-0.05, 0) is 46.2 Å². The van der Waals surface area contributed by atoms with Gasteiger partial charge in [-0.25, -0.2) is 0 Å². The second kappa shape index (κ2) is 10.3. The van der Waals surface area contributed by atoms with Crippen LogP contribution >= 0.6 is 0 Å². The summed E-state index contributed by atoms with van der Waals surface area (Å²) < 4.78 is 7.98. The number of rotatable bonds is 8. The first-order valence-electron chi connectivity index (χ1n) is 10.7. The zero-order chi connectivity index (χ0) is 19.9. The van der Waals surface area contributed by atoms with Gasteiger partial charge in [-0.15, -0.1) is 5.10 Å². The lowest BCUT2D eigenvalue weighted by molar-refractivity contribution is -0.129. The van der Waals surface area contributed by atoms with E-state index in [-0.39, 0.29) is 30.8 Å². The highest BCUT2D eigenvalue weighted by Crippen LogP contribution is 2.31. The molecule has 1 aliphatic heterocycles. The Bertz CT molecular complexity index is 615. The number of ether oxygens (including phenoxy) is 1. The van der Waals surface area contributed by atoms with Crippen LogP contribution in [0.3, 0.4) is 0 Å². The SMILES string of the molecule is CN(C)CC(=O)N[C@H]1CC[C@H](CCn2cc(C3CCCCC3)nn2)O[C@@H]1CO. The summed E-state index contributed by atoms with van der Waals surface area (Å²) in [6.45, 7) is 1.02. The van der Waals surface area contributed by atoms with Gasteiger partial charge in [-0.2, -0.15) is 0 Å². The molecule has 3 atom stereocenters. The summed E-state index contributed by atoms with van der Waals surface area (Å²) in [5.74, 6) is 0.534. The normalized spacial score (nSPS) is 26.5. The summed E-state index contributed by atoms with van der Waals surface area (Å²) >= 11 is 0. The van der Waals surface area contributed by atoms with Crippen molar-refractivity contribution in [1.82, 2.24) is 25.2 Å². The van der Waals surface area contributed by atoms with Gasteiger partial charge in [0.15, 0.2) is 0 Å². The minimum Gasteiger partial charge on any atom is -0.394 e. The second-order valence-electron chi connectivity index (χ2n) is 8.50. The van der Waals surface area contributed by atoms with E-state index in [1.807, 2.05) is 23.7 Å². The molecule has 2 N–H and O–H groups in total. The molecule has 8 heteroatoms. The Labute approximate surface area is 167 Å².